The first kappa shape index (κ1) is 13.1. The van der Waals surface area contributed by atoms with E-state index in [4.69, 9.17) is 0 Å². The first-order valence-electron chi connectivity index (χ1n) is 4.85. The van der Waals surface area contributed by atoms with Gasteiger partial charge in [-0.1, -0.05) is 0 Å². The molecule has 1 aliphatic heterocycles. The number of hydrogen-bond donors (Lipinski definition) is 2. The van der Waals surface area contributed by atoms with Crippen molar-refractivity contribution in [3.63, 3.8) is 0 Å². The Morgan fingerprint density at radius 3 is 2.65 bits per heavy atom. The lowest BCUT2D eigenvalue weighted by Gasteiger charge is -2.29. The molecule has 92 valence electrons. The highest BCUT2D eigenvalue weighted by Gasteiger charge is 2.43. The van der Waals surface area contributed by atoms with Crippen LogP contribution in [0, 0.1) is 0 Å². The van der Waals surface area contributed by atoms with Crippen LogP contribution < -0.4 is 5.32 Å². The Bertz CT molecular complexity index is 497. The Labute approximate surface area is 125 Å². The van der Waals surface area contributed by atoms with Crippen molar-refractivity contribution in [1.29, 1.82) is 0 Å². The molecule has 0 unspecified atom stereocenters. The van der Waals surface area contributed by atoms with E-state index in [9.17, 15) is 9.59 Å². The van der Waals surface area contributed by atoms with E-state index in [1.807, 2.05) is 13.8 Å². The summed E-state index contributed by atoms with van der Waals surface area (Å²) in [6.07, 6.45) is 0. The van der Waals surface area contributed by atoms with Gasteiger partial charge in [0, 0.05) is 50.7 Å². The zero-order valence-electron chi connectivity index (χ0n) is 9.17. The molecule has 0 bridgehead atoms. The number of rotatable bonds is 1. The van der Waals surface area contributed by atoms with E-state index in [1.54, 1.807) is 50.1 Å². The van der Waals surface area contributed by atoms with Crippen LogP contribution in [0.25, 0.3) is 0 Å². The van der Waals surface area contributed by atoms with Crippen LogP contribution in [-0.2, 0) is 12.1 Å². The lowest BCUT2D eigenvalue weighted by Crippen LogP contribution is -2.37. The number of carbonyl (C=O) groups excluding carboxylic acids is 2. The number of aromatic amines is 1. The molecule has 2 N–H and O–H groups in total. The van der Waals surface area contributed by atoms with Gasteiger partial charge in [0.2, 0.25) is 0 Å². The van der Waals surface area contributed by atoms with Gasteiger partial charge < -0.3 is 10.2 Å². The minimum Gasteiger partial charge on any atom is -0.319 e. The monoisotopic (exact) mass is 460 g/mol. The number of anilines is 1. The van der Waals surface area contributed by atoms with Crippen LogP contribution in [-0.4, -0.2) is 22.9 Å². The average molecular weight is 460 g/mol. The van der Waals surface area contributed by atoms with Gasteiger partial charge in [-0.05, 0) is 13.8 Å². The summed E-state index contributed by atoms with van der Waals surface area (Å²) in [5.74, 6) is 0.507. The number of nitrogens with zero attached hydrogens (tertiary/aromatic N) is 2. The van der Waals surface area contributed by atoms with Gasteiger partial charge in [-0.15, -0.1) is 0 Å². The zero-order valence-corrected chi connectivity index (χ0v) is 13.5. The maximum atomic E-state index is 11.6. The molecule has 1 aromatic rings. The highest BCUT2D eigenvalue weighted by atomic mass is 127. The van der Waals surface area contributed by atoms with Crippen molar-refractivity contribution in [3.05, 3.63) is 11.3 Å². The molecular weight excluding hydrogens is 450 g/mol. The van der Waals surface area contributed by atoms with Gasteiger partial charge in [-0.3, -0.25) is 14.7 Å². The summed E-state index contributed by atoms with van der Waals surface area (Å²) < 4.78 is -0.224. The molecule has 0 spiro atoms. The van der Waals surface area contributed by atoms with Gasteiger partial charge in [0.15, 0.2) is 5.82 Å². The Kier molecular flexibility index (Phi) is 3.36. The number of amides is 2. The molecule has 0 aliphatic carbocycles. The Balaban J connectivity index is 2.40. The second kappa shape index (κ2) is 4.37. The van der Waals surface area contributed by atoms with Crippen LogP contribution in [0.1, 0.15) is 25.1 Å². The predicted octanol–water partition coefficient (Wildman–Crippen LogP) is 2.98. The van der Waals surface area contributed by atoms with Gasteiger partial charge >= 0.3 is 0 Å². The van der Waals surface area contributed by atoms with E-state index in [1.165, 1.54) is 0 Å². The third kappa shape index (κ3) is 2.16. The van der Waals surface area contributed by atoms with E-state index >= 15 is 0 Å². The molecule has 0 saturated heterocycles. The van der Waals surface area contributed by atoms with Gasteiger partial charge in [-0.2, -0.15) is 5.10 Å². The van der Waals surface area contributed by atoms with Crippen LogP contribution in [0.4, 0.5) is 15.4 Å². The normalized spacial score (nSPS) is 16.8. The highest BCUT2D eigenvalue weighted by molar-refractivity contribution is 14.1. The fraction of sp³-hybridized carbons (Fsp3) is 0.444. The van der Waals surface area contributed by atoms with Crippen LogP contribution in [0.5, 0.6) is 0 Å². The Morgan fingerprint density at radius 2 is 2.12 bits per heavy atom. The molecule has 6 nitrogen and oxygen atoms in total. The smallest absolute Gasteiger partial charge is 0.286 e. The van der Waals surface area contributed by atoms with Crippen LogP contribution >= 0.6 is 45.2 Å². The second-order valence-electron chi connectivity index (χ2n) is 4.22. The number of nitrogens with one attached hydrogen (secondary N) is 2. The summed E-state index contributed by atoms with van der Waals surface area (Å²) >= 11 is 3.42. The fourth-order valence-corrected chi connectivity index (χ4v) is 3.02. The van der Waals surface area contributed by atoms with Crippen LogP contribution in [0.2, 0.25) is 0 Å². The molecule has 0 aromatic carbocycles. The SMILES string of the molecule is CC1(C)c2[nH]nc(NC(=O)I)c2CN1C(=O)I. The molecule has 2 rings (SSSR count). The molecule has 2 amide bonds. The van der Waals surface area contributed by atoms with Gasteiger partial charge in [0.25, 0.3) is 7.83 Å². The van der Waals surface area contributed by atoms with Crippen LogP contribution in [0.3, 0.4) is 0 Å². The zero-order chi connectivity index (χ0) is 12.8. The summed E-state index contributed by atoms with van der Waals surface area (Å²) in [4.78, 5) is 24.3. The third-order valence-corrected chi connectivity index (χ3v) is 3.75. The highest BCUT2D eigenvalue weighted by Crippen LogP contribution is 2.41. The predicted molar refractivity (Wildman–Crippen MR) is 79.6 cm³/mol. The second-order valence-corrected chi connectivity index (χ2v) is 6.13. The number of fused-ring (bicyclic) bond motifs is 1. The van der Waals surface area contributed by atoms with Crippen molar-refractivity contribution in [2.45, 2.75) is 25.9 Å². The molecule has 0 saturated carbocycles. The molecule has 0 radical (unpaired) electrons. The topological polar surface area (TPSA) is 78.1 Å². The standard InChI is InChI=1S/C9H10I2N4O2/c1-9(2)5-4(3-15(9)8(11)17)6(14-13-5)12-7(10)16/h3H2,1-2H3,(H2,12,13,14,16). The molecular formula is C9H10I2N4O2. The van der Waals surface area contributed by atoms with E-state index in [2.05, 4.69) is 15.5 Å². The summed E-state index contributed by atoms with van der Waals surface area (Å²) in [7, 11) is 0. The number of aromatic nitrogens is 2. The van der Waals surface area contributed by atoms with E-state index in [0.29, 0.717) is 12.4 Å². The lowest BCUT2D eigenvalue weighted by atomic mass is 10.0. The Morgan fingerprint density at radius 1 is 1.47 bits per heavy atom. The molecule has 1 aliphatic rings. The lowest BCUT2D eigenvalue weighted by molar-refractivity contribution is 0.168. The van der Waals surface area contributed by atoms with Gasteiger partial charge in [0.1, 0.15) is 0 Å². The quantitative estimate of drug-likeness (QED) is 0.385. The van der Waals surface area contributed by atoms with Crippen molar-refractivity contribution >= 4 is 58.8 Å². The summed E-state index contributed by atoms with van der Waals surface area (Å²) in [5, 5.41) is 9.61. The maximum absolute atomic E-state index is 11.6. The Hall–Kier alpha value is -0.390. The van der Waals surface area contributed by atoms with Crippen molar-refractivity contribution in [1.82, 2.24) is 15.1 Å². The minimum atomic E-state index is -0.422. The summed E-state index contributed by atoms with van der Waals surface area (Å²) in [6, 6.07) is 0. The van der Waals surface area contributed by atoms with Crippen molar-refractivity contribution in [2.75, 3.05) is 5.32 Å². The van der Waals surface area contributed by atoms with Crippen molar-refractivity contribution in [3.8, 4) is 0 Å². The molecule has 0 fully saturated rings. The molecule has 1 aromatic heterocycles. The van der Waals surface area contributed by atoms with Crippen LogP contribution in [0.15, 0.2) is 0 Å². The first-order chi connectivity index (χ1) is 7.84. The van der Waals surface area contributed by atoms with Gasteiger partial charge in [0.05, 0.1) is 17.8 Å². The average Bonchev–Trinajstić information content (AvgIpc) is 2.66. The summed E-state index contributed by atoms with van der Waals surface area (Å²) in [5.41, 5.74) is 1.34. The van der Waals surface area contributed by atoms with Gasteiger partial charge in [-0.25, -0.2) is 0 Å². The van der Waals surface area contributed by atoms with Crippen molar-refractivity contribution in [2.24, 2.45) is 0 Å². The number of hydrogen-bond acceptors (Lipinski definition) is 3. The minimum absolute atomic E-state index is 0.0241. The first-order valence-corrected chi connectivity index (χ1v) is 7.01. The van der Waals surface area contributed by atoms with E-state index < -0.39 is 5.54 Å². The number of carbonyl (C=O) groups is 2. The van der Waals surface area contributed by atoms with E-state index in [0.717, 1.165) is 11.3 Å². The van der Waals surface area contributed by atoms with Crippen molar-refractivity contribution < 1.29 is 9.59 Å². The fourth-order valence-electron chi connectivity index (χ4n) is 1.99. The third-order valence-electron chi connectivity index (χ3n) is 2.90. The largest absolute Gasteiger partial charge is 0.319 e. The van der Waals surface area contributed by atoms with E-state index in [-0.39, 0.29) is 7.83 Å². The molecule has 17 heavy (non-hydrogen) atoms. The maximum Gasteiger partial charge on any atom is 0.286 e. The molecule has 2 heterocycles. The summed E-state index contributed by atoms with van der Waals surface area (Å²) in [6.45, 7) is 4.36. The molecule has 0 atom stereocenters. The molecule has 8 heteroatoms. The number of halogens is 2. The number of H-pyrrole nitrogens is 1.